The Morgan fingerprint density at radius 2 is 2.25 bits per heavy atom. The molecule has 1 heteroatoms. The molecule has 0 unspecified atom stereocenters. The van der Waals surface area contributed by atoms with Crippen molar-refractivity contribution in [3.8, 4) is 0 Å². The zero-order valence-electron chi connectivity index (χ0n) is 5.32. The Morgan fingerprint density at radius 1 is 1.62 bits per heavy atom. The zero-order valence-corrected chi connectivity index (χ0v) is 5.32. The molecule has 0 nitrogen and oxygen atoms in total. The van der Waals surface area contributed by atoms with Gasteiger partial charge in [-0.2, -0.15) is 0 Å². The Labute approximate surface area is 49.7 Å². The van der Waals surface area contributed by atoms with E-state index in [0.29, 0.717) is 0 Å². The first-order valence-electron chi connectivity index (χ1n) is 2.79. The largest absolute Gasteiger partial charge is 0.207 e. The molecule has 0 aromatic rings. The van der Waals surface area contributed by atoms with Gasteiger partial charge in [0.1, 0.15) is 5.83 Å². The monoisotopic (exact) mass is 114 g/mol. The molecule has 0 spiro atoms. The summed E-state index contributed by atoms with van der Waals surface area (Å²) in [5.41, 5.74) is 0. The van der Waals surface area contributed by atoms with Crippen molar-refractivity contribution < 1.29 is 4.39 Å². The molecule has 0 aliphatic heterocycles. The lowest BCUT2D eigenvalue weighted by Crippen LogP contribution is -1.61. The van der Waals surface area contributed by atoms with Crippen LogP contribution in [0.5, 0.6) is 0 Å². The molecule has 0 aliphatic carbocycles. The number of rotatable bonds is 2. The summed E-state index contributed by atoms with van der Waals surface area (Å²) in [6, 6.07) is 0. The first-order chi connectivity index (χ1) is 3.81. The van der Waals surface area contributed by atoms with Crippen LogP contribution < -0.4 is 0 Å². The highest BCUT2D eigenvalue weighted by Crippen LogP contribution is 1.98. The third kappa shape index (κ3) is 3.59. The molecule has 0 aromatic carbocycles. The molecule has 0 heterocycles. The van der Waals surface area contributed by atoms with Crippen LogP contribution in [0, 0.1) is 0 Å². The van der Waals surface area contributed by atoms with Crippen molar-refractivity contribution in [1.29, 1.82) is 0 Å². The molecule has 0 fully saturated rings. The summed E-state index contributed by atoms with van der Waals surface area (Å²) in [5, 5.41) is 0. The first kappa shape index (κ1) is 7.41. The van der Waals surface area contributed by atoms with E-state index in [9.17, 15) is 4.39 Å². The fraction of sp³-hybridized carbons (Fsp3) is 0.429. The Morgan fingerprint density at radius 3 is 2.62 bits per heavy atom. The number of hydrogen-bond acceptors (Lipinski definition) is 0. The molecule has 0 saturated heterocycles. The van der Waals surface area contributed by atoms with E-state index in [2.05, 4.69) is 0 Å². The highest BCUT2D eigenvalue weighted by Gasteiger charge is 1.79. The molecule has 0 aliphatic rings. The fourth-order valence-electron chi connectivity index (χ4n) is 0.422. The van der Waals surface area contributed by atoms with E-state index in [0.717, 1.165) is 6.42 Å². The minimum atomic E-state index is -0.144. The average molecular weight is 114 g/mol. The summed E-state index contributed by atoms with van der Waals surface area (Å²) < 4.78 is 12.2. The lowest BCUT2D eigenvalue weighted by Gasteiger charge is -1.80. The minimum Gasteiger partial charge on any atom is -0.207 e. The maximum Gasteiger partial charge on any atom is 0.118 e. The summed E-state index contributed by atoms with van der Waals surface area (Å²) in [6.07, 6.45) is 5.43. The molecule has 8 heavy (non-hydrogen) atoms. The number of halogens is 1. The van der Waals surface area contributed by atoms with Gasteiger partial charge in [-0.15, -0.1) is 0 Å². The third-order valence-electron chi connectivity index (χ3n) is 0.725. The molecule has 0 bridgehead atoms. The van der Waals surface area contributed by atoms with Gasteiger partial charge in [0.15, 0.2) is 0 Å². The van der Waals surface area contributed by atoms with Gasteiger partial charge in [-0.1, -0.05) is 13.0 Å². The van der Waals surface area contributed by atoms with Crippen molar-refractivity contribution in [2.24, 2.45) is 0 Å². The van der Waals surface area contributed by atoms with Gasteiger partial charge in [-0.25, -0.2) is 4.39 Å². The molecular formula is C7H11F. The SMILES string of the molecule is C/C=C\C(F)=C\CC. The van der Waals surface area contributed by atoms with Crippen molar-refractivity contribution in [2.45, 2.75) is 20.3 Å². The topological polar surface area (TPSA) is 0 Å². The van der Waals surface area contributed by atoms with Crippen LogP contribution in [0.3, 0.4) is 0 Å². The Bertz CT molecular complexity index is 101. The van der Waals surface area contributed by atoms with E-state index in [-0.39, 0.29) is 5.83 Å². The Kier molecular flexibility index (Phi) is 4.23. The van der Waals surface area contributed by atoms with Gasteiger partial charge < -0.3 is 0 Å². The molecular weight excluding hydrogens is 103 g/mol. The van der Waals surface area contributed by atoms with E-state index in [1.807, 2.05) is 6.92 Å². The van der Waals surface area contributed by atoms with Gasteiger partial charge in [-0.3, -0.25) is 0 Å². The van der Waals surface area contributed by atoms with Crippen molar-refractivity contribution in [3.63, 3.8) is 0 Å². The van der Waals surface area contributed by atoms with Crippen LogP contribution in [0.15, 0.2) is 24.1 Å². The van der Waals surface area contributed by atoms with Crippen molar-refractivity contribution in [1.82, 2.24) is 0 Å². The van der Waals surface area contributed by atoms with Gasteiger partial charge in [0.25, 0.3) is 0 Å². The Hall–Kier alpha value is -0.590. The van der Waals surface area contributed by atoms with Gasteiger partial charge >= 0.3 is 0 Å². The second-order valence-electron chi connectivity index (χ2n) is 1.50. The highest BCUT2D eigenvalue weighted by molar-refractivity contribution is 5.09. The van der Waals surface area contributed by atoms with Crippen LogP contribution in [-0.2, 0) is 0 Å². The van der Waals surface area contributed by atoms with Crippen LogP contribution >= 0.6 is 0 Å². The lowest BCUT2D eigenvalue weighted by atomic mass is 10.4. The maximum atomic E-state index is 12.2. The number of allylic oxidation sites excluding steroid dienone is 4. The highest BCUT2D eigenvalue weighted by atomic mass is 19.1. The Balaban J connectivity index is 3.61. The van der Waals surface area contributed by atoms with Gasteiger partial charge in [0, 0.05) is 0 Å². The van der Waals surface area contributed by atoms with E-state index < -0.39 is 0 Å². The summed E-state index contributed by atoms with van der Waals surface area (Å²) in [5.74, 6) is -0.144. The molecule has 0 N–H and O–H groups in total. The summed E-state index contributed by atoms with van der Waals surface area (Å²) in [7, 11) is 0. The molecule has 0 amide bonds. The lowest BCUT2D eigenvalue weighted by molar-refractivity contribution is 0.661. The maximum absolute atomic E-state index is 12.2. The summed E-state index contributed by atoms with van der Waals surface area (Å²) in [6.45, 7) is 3.70. The van der Waals surface area contributed by atoms with E-state index in [1.165, 1.54) is 6.08 Å². The third-order valence-corrected chi connectivity index (χ3v) is 0.725. The molecule has 0 radical (unpaired) electrons. The fourth-order valence-corrected chi connectivity index (χ4v) is 0.422. The first-order valence-corrected chi connectivity index (χ1v) is 2.79. The minimum absolute atomic E-state index is 0.144. The van der Waals surface area contributed by atoms with Crippen LogP contribution in [0.25, 0.3) is 0 Å². The average Bonchev–Trinajstić information content (AvgIpc) is 1.68. The van der Waals surface area contributed by atoms with E-state index >= 15 is 0 Å². The molecule has 0 aromatic heterocycles. The van der Waals surface area contributed by atoms with Gasteiger partial charge in [0.2, 0.25) is 0 Å². The predicted molar refractivity (Wildman–Crippen MR) is 34.3 cm³/mol. The zero-order chi connectivity index (χ0) is 6.41. The second-order valence-corrected chi connectivity index (χ2v) is 1.50. The summed E-state index contributed by atoms with van der Waals surface area (Å²) in [4.78, 5) is 0. The number of hydrogen-bond donors (Lipinski definition) is 0. The smallest absolute Gasteiger partial charge is 0.118 e. The molecule has 0 atom stereocenters. The van der Waals surface area contributed by atoms with Gasteiger partial charge in [0.05, 0.1) is 0 Å². The van der Waals surface area contributed by atoms with Crippen LogP contribution in [0.4, 0.5) is 4.39 Å². The summed E-state index contributed by atoms with van der Waals surface area (Å²) >= 11 is 0. The molecule has 0 saturated carbocycles. The standard InChI is InChI=1S/C7H11F/c1-3-5-7(8)6-4-2/h3,5-6H,4H2,1-2H3/b5-3-,7-6-. The van der Waals surface area contributed by atoms with E-state index in [4.69, 9.17) is 0 Å². The van der Waals surface area contributed by atoms with Crippen LogP contribution in [0.1, 0.15) is 20.3 Å². The van der Waals surface area contributed by atoms with Crippen molar-refractivity contribution >= 4 is 0 Å². The van der Waals surface area contributed by atoms with Crippen molar-refractivity contribution in [2.75, 3.05) is 0 Å². The van der Waals surface area contributed by atoms with Gasteiger partial charge in [-0.05, 0) is 25.5 Å². The van der Waals surface area contributed by atoms with Crippen LogP contribution in [-0.4, -0.2) is 0 Å². The van der Waals surface area contributed by atoms with E-state index in [1.54, 1.807) is 19.1 Å². The quantitative estimate of drug-likeness (QED) is 0.484. The predicted octanol–water partition coefficient (Wildman–Crippen LogP) is 2.83. The molecule has 0 rings (SSSR count). The van der Waals surface area contributed by atoms with Crippen molar-refractivity contribution in [3.05, 3.63) is 24.1 Å². The molecule has 46 valence electrons. The second kappa shape index (κ2) is 4.57. The normalized spacial score (nSPS) is 13.1. The van der Waals surface area contributed by atoms with Crippen LogP contribution in [0.2, 0.25) is 0 Å².